The Balaban J connectivity index is 2.79. The molecule has 0 bridgehead atoms. The molecule has 0 aromatic carbocycles. The molecule has 0 fully saturated rings. The topological polar surface area (TPSA) is 48.1 Å². The Labute approximate surface area is 76.7 Å². The third-order valence-corrected chi connectivity index (χ3v) is 1.55. The van der Waals surface area contributed by atoms with Crippen LogP contribution in [0, 0.1) is 5.82 Å². The van der Waals surface area contributed by atoms with Gasteiger partial charge in [-0.05, 0) is 12.5 Å². The molecule has 0 aliphatic rings. The van der Waals surface area contributed by atoms with Crippen molar-refractivity contribution >= 4 is 0 Å². The van der Waals surface area contributed by atoms with Crippen LogP contribution in [0.5, 0.6) is 5.88 Å². The molecule has 72 valence electrons. The van der Waals surface area contributed by atoms with Gasteiger partial charge in [-0.2, -0.15) is 0 Å². The maximum absolute atomic E-state index is 12.7. The molecular formula is C9H13FN2O. The van der Waals surface area contributed by atoms with E-state index in [1.807, 2.05) is 6.92 Å². The van der Waals surface area contributed by atoms with E-state index in [0.717, 1.165) is 12.6 Å². The number of nitrogens with two attached hydrogens (primary N) is 1. The predicted octanol–water partition coefficient (Wildman–Crippen LogP) is 1.47. The van der Waals surface area contributed by atoms with Crippen molar-refractivity contribution in [2.24, 2.45) is 5.73 Å². The summed E-state index contributed by atoms with van der Waals surface area (Å²) in [6, 6.07) is 1.35. The Morgan fingerprint density at radius 1 is 1.62 bits per heavy atom. The van der Waals surface area contributed by atoms with Gasteiger partial charge in [0.2, 0.25) is 5.88 Å². The first-order valence-electron chi connectivity index (χ1n) is 4.25. The van der Waals surface area contributed by atoms with Crippen molar-refractivity contribution in [2.75, 3.05) is 6.61 Å². The normalized spacial score (nSPS) is 10.1. The molecule has 4 heteroatoms. The molecule has 0 aliphatic carbocycles. The van der Waals surface area contributed by atoms with Crippen molar-refractivity contribution in [3.05, 3.63) is 23.6 Å². The molecule has 13 heavy (non-hydrogen) atoms. The van der Waals surface area contributed by atoms with Gasteiger partial charge in [-0.3, -0.25) is 0 Å². The van der Waals surface area contributed by atoms with Crippen molar-refractivity contribution in [3.63, 3.8) is 0 Å². The fourth-order valence-corrected chi connectivity index (χ4v) is 0.944. The van der Waals surface area contributed by atoms with E-state index in [1.54, 1.807) is 0 Å². The van der Waals surface area contributed by atoms with Crippen molar-refractivity contribution in [1.29, 1.82) is 0 Å². The Bertz CT molecular complexity index is 278. The van der Waals surface area contributed by atoms with Gasteiger partial charge < -0.3 is 10.5 Å². The smallest absolute Gasteiger partial charge is 0.218 e. The number of hydrogen-bond donors (Lipinski definition) is 1. The SMILES string of the molecule is CCCOc1ncc(F)cc1CN. The Morgan fingerprint density at radius 3 is 3.00 bits per heavy atom. The molecule has 2 N–H and O–H groups in total. The fraction of sp³-hybridized carbons (Fsp3) is 0.444. The van der Waals surface area contributed by atoms with E-state index in [-0.39, 0.29) is 12.4 Å². The summed E-state index contributed by atoms with van der Waals surface area (Å²) in [5, 5.41) is 0. The maximum atomic E-state index is 12.7. The molecule has 0 radical (unpaired) electrons. The average molecular weight is 184 g/mol. The highest BCUT2D eigenvalue weighted by Crippen LogP contribution is 2.15. The predicted molar refractivity (Wildman–Crippen MR) is 47.9 cm³/mol. The van der Waals surface area contributed by atoms with E-state index in [9.17, 15) is 4.39 Å². The summed E-state index contributed by atoms with van der Waals surface area (Å²) in [7, 11) is 0. The second-order valence-corrected chi connectivity index (χ2v) is 2.67. The molecule has 0 atom stereocenters. The van der Waals surface area contributed by atoms with Crippen LogP contribution in [0.1, 0.15) is 18.9 Å². The van der Waals surface area contributed by atoms with Crippen LogP contribution < -0.4 is 10.5 Å². The number of aromatic nitrogens is 1. The van der Waals surface area contributed by atoms with Crippen molar-refractivity contribution < 1.29 is 9.13 Å². The average Bonchev–Trinajstić information content (AvgIpc) is 2.16. The summed E-state index contributed by atoms with van der Waals surface area (Å²) in [6.07, 6.45) is 2.02. The molecular weight excluding hydrogens is 171 g/mol. The lowest BCUT2D eigenvalue weighted by atomic mass is 10.2. The van der Waals surface area contributed by atoms with E-state index in [4.69, 9.17) is 10.5 Å². The van der Waals surface area contributed by atoms with Gasteiger partial charge in [0.1, 0.15) is 5.82 Å². The van der Waals surface area contributed by atoms with Crippen LogP contribution in [-0.4, -0.2) is 11.6 Å². The van der Waals surface area contributed by atoms with Gasteiger partial charge in [0.05, 0.1) is 12.8 Å². The van der Waals surface area contributed by atoms with E-state index in [1.165, 1.54) is 6.07 Å². The van der Waals surface area contributed by atoms with Crippen LogP contribution in [-0.2, 0) is 6.54 Å². The fourth-order valence-electron chi connectivity index (χ4n) is 0.944. The first-order chi connectivity index (χ1) is 6.27. The lowest BCUT2D eigenvalue weighted by Crippen LogP contribution is -2.05. The van der Waals surface area contributed by atoms with E-state index >= 15 is 0 Å². The minimum atomic E-state index is -0.385. The third-order valence-electron chi connectivity index (χ3n) is 1.55. The van der Waals surface area contributed by atoms with Gasteiger partial charge in [0.15, 0.2) is 0 Å². The van der Waals surface area contributed by atoms with Gasteiger partial charge in [-0.25, -0.2) is 9.37 Å². The molecule has 0 amide bonds. The number of nitrogens with zero attached hydrogens (tertiary/aromatic N) is 1. The largest absolute Gasteiger partial charge is 0.477 e. The number of hydrogen-bond acceptors (Lipinski definition) is 3. The second-order valence-electron chi connectivity index (χ2n) is 2.67. The van der Waals surface area contributed by atoms with Crippen molar-refractivity contribution in [3.8, 4) is 5.88 Å². The minimum absolute atomic E-state index is 0.240. The monoisotopic (exact) mass is 184 g/mol. The first kappa shape index (κ1) is 9.92. The van der Waals surface area contributed by atoms with Crippen LogP contribution in [0.4, 0.5) is 4.39 Å². The summed E-state index contributed by atoms with van der Waals surface area (Å²) in [4.78, 5) is 3.81. The summed E-state index contributed by atoms with van der Waals surface area (Å²) in [6.45, 7) is 2.81. The lowest BCUT2D eigenvalue weighted by molar-refractivity contribution is 0.301. The zero-order valence-electron chi connectivity index (χ0n) is 7.59. The standard InChI is InChI=1S/C9H13FN2O/c1-2-3-13-9-7(5-11)4-8(10)6-12-9/h4,6H,2-3,5,11H2,1H3. The highest BCUT2D eigenvalue weighted by Gasteiger charge is 2.04. The number of pyridine rings is 1. The lowest BCUT2D eigenvalue weighted by Gasteiger charge is -2.07. The van der Waals surface area contributed by atoms with Gasteiger partial charge in [-0.1, -0.05) is 6.92 Å². The Kier molecular flexibility index (Phi) is 3.64. The summed E-state index contributed by atoms with van der Waals surface area (Å²) in [5.74, 6) is 0.0510. The first-order valence-corrected chi connectivity index (χ1v) is 4.25. The zero-order chi connectivity index (χ0) is 9.68. The van der Waals surface area contributed by atoms with E-state index in [2.05, 4.69) is 4.98 Å². The van der Waals surface area contributed by atoms with Gasteiger partial charge in [0, 0.05) is 12.1 Å². The Hall–Kier alpha value is -1.16. The van der Waals surface area contributed by atoms with Crippen molar-refractivity contribution in [1.82, 2.24) is 4.98 Å². The molecule has 0 unspecified atom stereocenters. The highest BCUT2D eigenvalue weighted by molar-refractivity contribution is 5.25. The summed E-state index contributed by atoms with van der Waals surface area (Å²) < 4.78 is 18.0. The van der Waals surface area contributed by atoms with Gasteiger partial charge in [-0.15, -0.1) is 0 Å². The minimum Gasteiger partial charge on any atom is -0.477 e. The number of halogens is 1. The van der Waals surface area contributed by atoms with Crippen LogP contribution in [0.15, 0.2) is 12.3 Å². The van der Waals surface area contributed by atoms with Gasteiger partial charge >= 0.3 is 0 Å². The number of ether oxygens (including phenoxy) is 1. The summed E-state index contributed by atoms with van der Waals surface area (Å²) >= 11 is 0. The second kappa shape index (κ2) is 4.77. The Morgan fingerprint density at radius 2 is 2.38 bits per heavy atom. The molecule has 1 aromatic rings. The molecule has 0 saturated heterocycles. The quantitative estimate of drug-likeness (QED) is 0.770. The molecule has 0 aliphatic heterocycles. The van der Waals surface area contributed by atoms with Crippen LogP contribution in [0.3, 0.4) is 0 Å². The molecule has 1 rings (SSSR count). The van der Waals surface area contributed by atoms with Crippen LogP contribution in [0.25, 0.3) is 0 Å². The van der Waals surface area contributed by atoms with E-state index in [0.29, 0.717) is 18.1 Å². The van der Waals surface area contributed by atoms with Crippen molar-refractivity contribution in [2.45, 2.75) is 19.9 Å². The zero-order valence-corrected chi connectivity index (χ0v) is 7.59. The molecule has 0 saturated carbocycles. The third kappa shape index (κ3) is 2.66. The number of rotatable bonds is 4. The van der Waals surface area contributed by atoms with Gasteiger partial charge in [0.25, 0.3) is 0 Å². The van der Waals surface area contributed by atoms with Crippen LogP contribution >= 0.6 is 0 Å². The molecule has 1 heterocycles. The molecule has 0 spiro atoms. The highest BCUT2D eigenvalue weighted by atomic mass is 19.1. The van der Waals surface area contributed by atoms with E-state index < -0.39 is 0 Å². The maximum Gasteiger partial charge on any atom is 0.218 e. The van der Waals surface area contributed by atoms with Crippen LogP contribution in [0.2, 0.25) is 0 Å². The summed E-state index contributed by atoms with van der Waals surface area (Å²) in [5.41, 5.74) is 6.01. The molecule has 3 nitrogen and oxygen atoms in total. The molecule has 1 aromatic heterocycles.